The van der Waals surface area contributed by atoms with E-state index in [9.17, 15) is 9.90 Å². The van der Waals surface area contributed by atoms with Crippen molar-refractivity contribution < 1.29 is 14.3 Å². The number of amides is 1. The maximum atomic E-state index is 10.9. The summed E-state index contributed by atoms with van der Waals surface area (Å²) in [6.45, 7) is 1.47. The van der Waals surface area contributed by atoms with Gasteiger partial charge < -0.3 is 14.8 Å². The molecule has 0 saturated carbocycles. The first-order valence-electron chi connectivity index (χ1n) is 3.69. The molecule has 2 heterocycles. The van der Waals surface area contributed by atoms with Gasteiger partial charge in [-0.25, -0.2) is 0 Å². The average Bonchev–Trinajstić information content (AvgIpc) is 2.51. The average molecular weight is 167 g/mol. The predicted octanol–water partition coefficient (Wildman–Crippen LogP) is 0.201. The van der Waals surface area contributed by atoms with Crippen LogP contribution in [0.5, 0.6) is 0 Å². The van der Waals surface area contributed by atoms with E-state index in [1.165, 1.54) is 13.2 Å². The van der Waals surface area contributed by atoms with Gasteiger partial charge in [-0.1, -0.05) is 0 Å². The lowest BCUT2D eigenvalue weighted by molar-refractivity contribution is -0.159. The van der Waals surface area contributed by atoms with Gasteiger partial charge in [-0.3, -0.25) is 4.79 Å². The zero-order valence-electron chi connectivity index (χ0n) is 6.57. The van der Waals surface area contributed by atoms with Crippen molar-refractivity contribution in [3.8, 4) is 0 Å². The number of hydrogen-bond donors (Lipinski definition) is 2. The van der Waals surface area contributed by atoms with Crippen LogP contribution in [0.15, 0.2) is 22.8 Å². The number of carbonyl (C=O) groups excluding carboxylic acids is 1. The quantitative estimate of drug-likeness (QED) is 0.587. The molecule has 64 valence electrons. The lowest BCUT2D eigenvalue weighted by atomic mass is 9.85. The molecular weight excluding hydrogens is 158 g/mol. The minimum absolute atomic E-state index is 0.358. The molecule has 1 fully saturated rings. The summed E-state index contributed by atoms with van der Waals surface area (Å²) in [5, 5.41) is 12.1. The summed E-state index contributed by atoms with van der Waals surface area (Å²) in [4.78, 5) is 10.9. The molecule has 1 saturated heterocycles. The second-order valence-corrected chi connectivity index (χ2v) is 3.07. The van der Waals surface area contributed by atoms with Crippen LogP contribution in [0.3, 0.4) is 0 Å². The molecule has 0 bridgehead atoms. The summed E-state index contributed by atoms with van der Waals surface area (Å²) >= 11 is 0. The van der Waals surface area contributed by atoms with Crippen molar-refractivity contribution in [2.75, 3.05) is 0 Å². The van der Waals surface area contributed by atoms with E-state index >= 15 is 0 Å². The van der Waals surface area contributed by atoms with Gasteiger partial charge in [0.25, 0.3) is 5.91 Å². The fourth-order valence-corrected chi connectivity index (χ4v) is 1.27. The maximum absolute atomic E-state index is 10.9. The first-order valence-corrected chi connectivity index (χ1v) is 3.69. The fraction of sp³-hybridized carbons (Fsp3) is 0.375. The molecular formula is C8H9NO3. The third-order valence-corrected chi connectivity index (χ3v) is 2.12. The SMILES string of the molecule is C[C@]1(O)C(=O)N[C@@H]1c1ccco1. The van der Waals surface area contributed by atoms with Crippen molar-refractivity contribution in [2.24, 2.45) is 0 Å². The van der Waals surface area contributed by atoms with Crippen LogP contribution in [0.1, 0.15) is 18.7 Å². The molecule has 2 rings (SSSR count). The van der Waals surface area contributed by atoms with Crippen LogP contribution < -0.4 is 5.32 Å². The van der Waals surface area contributed by atoms with Crippen molar-refractivity contribution in [2.45, 2.75) is 18.6 Å². The second kappa shape index (κ2) is 2.10. The van der Waals surface area contributed by atoms with E-state index in [2.05, 4.69) is 5.32 Å². The molecule has 1 aliphatic rings. The summed E-state index contributed by atoms with van der Waals surface area (Å²) in [5.74, 6) is 0.225. The van der Waals surface area contributed by atoms with Gasteiger partial charge in [0.1, 0.15) is 11.8 Å². The van der Waals surface area contributed by atoms with Gasteiger partial charge in [-0.05, 0) is 19.1 Å². The van der Waals surface area contributed by atoms with Crippen molar-refractivity contribution in [1.29, 1.82) is 0 Å². The van der Waals surface area contributed by atoms with Gasteiger partial charge >= 0.3 is 0 Å². The van der Waals surface area contributed by atoms with Gasteiger partial charge in [0, 0.05) is 0 Å². The highest BCUT2D eigenvalue weighted by atomic mass is 16.3. The largest absolute Gasteiger partial charge is 0.467 e. The number of furan rings is 1. The number of aliphatic hydroxyl groups is 1. The van der Waals surface area contributed by atoms with Gasteiger partial charge in [0.05, 0.1) is 6.26 Å². The highest BCUT2D eigenvalue weighted by molar-refractivity contribution is 5.92. The Hall–Kier alpha value is -1.29. The molecule has 2 N–H and O–H groups in total. The summed E-state index contributed by atoms with van der Waals surface area (Å²) in [6, 6.07) is 3.04. The lowest BCUT2D eigenvalue weighted by Crippen LogP contribution is -2.64. The minimum Gasteiger partial charge on any atom is -0.467 e. The Balaban J connectivity index is 2.25. The lowest BCUT2D eigenvalue weighted by Gasteiger charge is -2.40. The summed E-state index contributed by atoms with van der Waals surface area (Å²) in [5.41, 5.74) is -1.32. The Morgan fingerprint density at radius 2 is 2.50 bits per heavy atom. The van der Waals surface area contributed by atoms with E-state index in [0.29, 0.717) is 5.76 Å². The van der Waals surface area contributed by atoms with E-state index in [1.807, 2.05) is 0 Å². The Morgan fingerprint density at radius 3 is 2.92 bits per heavy atom. The van der Waals surface area contributed by atoms with Crippen LogP contribution in [-0.4, -0.2) is 16.6 Å². The third-order valence-electron chi connectivity index (χ3n) is 2.12. The highest BCUT2D eigenvalue weighted by Gasteiger charge is 2.52. The number of rotatable bonds is 1. The van der Waals surface area contributed by atoms with Crippen LogP contribution in [0.25, 0.3) is 0 Å². The van der Waals surface area contributed by atoms with Crippen molar-refractivity contribution in [3.63, 3.8) is 0 Å². The number of carbonyl (C=O) groups is 1. The molecule has 1 amide bonds. The molecule has 0 aromatic carbocycles. The number of β-lactam (4-membered cyclic amide) rings is 1. The van der Waals surface area contributed by atoms with E-state index in [-0.39, 0.29) is 5.91 Å². The molecule has 1 aromatic heterocycles. The zero-order valence-corrected chi connectivity index (χ0v) is 6.57. The van der Waals surface area contributed by atoms with E-state index < -0.39 is 11.6 Å². The monoisotopic (exact) mass is 167 g/mol. The Bertz CT molecular complexity index is 302. The van der Waals surface area contributed by atoms with Gasteiger partial charge in [-0.15, -0.1) is 0 Å². The molecule has 12 heavy (non-hydrogen) atoms. The molecule has 2 atom stereocenters. The smallest absolute Gasteiger partial charge is 0.255 e. The topological polar surface area (TPSA) is 62.5 Å². The normalized spacial score (nSPS) is 34.2. The molecule has 1 aromatic rings. The standard InChI is InChI=1S/C8H9NO3/c1-8(11)6(9-7(8)10)5-3-2-4-12-5/h2-4,6,11H,1H3,(H,9,10)/t6-,8-/m1/s1. The van der Waals surface area contributed by atoms with E-state index in [0.717, 1.165) is 0 Å². The van der Waals surface area contributed by atoms with Gasteiger partial charge in [0.15, 0.2) is 5.60 Å². The van der Waals surface area contributed by atoms with Gasteiger partial charge in [-0.2, -0.15) is 0 Å². The Kier molecular flexibility index (Phi) is 1.29. The van der Waals surface area contributed by atoms with Crippen molar-refractivity contribution >= 4 is 5.91 Å². The molecule has 0 unspecified atom stereocenters. The van der Waals surface area contributed by atoms with Crippen LogP contribution in [0, 0.1) is 0 Å². The zero-order chi connectivity index (χ0) is 8.77. The first kappa shape index (κ1) is 7.36. The predicted molar refractivity (Wildman–Crippen MR) is 40.2 cm³/mol. The molecule has 4 nitrogen and oxygen atoms in total. The van der Waals surface area contributed by atoms with E-state index in [1.54, 1.807) is 12.1 Å². The minimum atomic E-state index is -1.32. The Morgan fingerprint density at radius 1 is 1.75 bits per heavy atom. The highest BCUT2D eigenvalue weighted by Crippen LogP contribution is 2.33. The van der Waals surface area contributed by atoms with Gasteiger partial charge in [0.2, 0.25) is 0 Å². The third kappa shape index (κ3) is 0.783. The molecule has 0 radical (unpaired) electrons. The molecule has 0 spiro atoms. The van der Waals surface area contributed by atoms with Crippen LogP contribution >= 0.6 is 0 Å². The van der Waals surface area contributed by atoms with E-state index in [4.69, 9.17) is 4.42 Å². The summed E-state index contributed by atoms with van der Waals surface area (Å²) in [6.07, 6.45) is 1.51. The number of hydrogen-bond acceptors (Lipinski definition) is 3. The molecule has 0 aliphatic carbocycles. The summed E-state index contributed by atoms with van der Waals surface area (Å²) in [7, 11) is 0. The van der Waals surface area contributed by atoms with Crippen LogP contribution in [-0.2, 0) is 4.79 Å². The van der Waals surface area contributed by atoms with Crippen LogP contribution in [0.4, 0.5) is 0 Å². The fourth-order valence-electron chi connectivity index (χ4n) is 1.27. The van der Waals surface area contributed by atoms with Crippen molar-refractivity contribution in [1.82, 2.24) is 5.32 Å². The number of nitrogens with one attached hydrogen (secondary N) is 1. The Labute approximate surface area is 69.2 Å². The second-order valence-electron chi connectivity index (χ2n) is 3.07. The molecule has 1 aliphatic heterocycles. The first-order chi connectivity index (χ1) is 5.62. The van der Waals surface area contributed by atoms with Crippen molar-refractivity contribution in [3.05, 3.63) is 24.2 Å². The maximum Gasteiger partial charge on any atom is 0.255 e. The molecule has 4 heteroatoms. The summed E-state index contributed by atoms with van der Waals surface area (Å²) < 4.78 is 5.05. The van der Waals surface area contributed by atoms with Crippen LogP contribution in [0.2, 0.25) is 0 Å².